The van der Waals surface area contributed by atoms with Crippen molar-refractivity contribution in [2.75, 3.05) is 0 Å². The molecule has 0 saturated carbocycles. The molecule has 1 nitrogen and oxygen atoms in total. The second-order valence-corrected chi connectivity index (χ2v) is 3.83. The Morgan fingerprint density at radius 2 is 2.00 bits per heavy atom. The van der Waals surface area contributed by atoms with Crippen LogP contribution in [0.4, 0.5) is 0 Å². The van der Waals surface area contributed by atoms with Crippen LogP contribution in [0.25, 0.3) is 10.8 Å². The average Bonchev–Trinajstić information content (AvgIpc) is 2.16. The maximum atomic E-state index is 9.57. The first-order valence-corrected chi connectivity index (χ1v) is 4.92. The first-order valence-electron chi connectivity index (χ1n) is 4.55. The molecule has 0 amide bonds. The lowest BCUT2D eigenvalue weighted by atomic mass is 10.0. The largest absolute Gasteiger partial charge is 0.389 e. The lowest BCUT2D eigenvalue weighted by molar-refractivity contribution is 0.201. The summed E-state index contributed by atoms with van der Waals surface area (Å²) in [5.74, 6) is 0. The van der Waals surface area contributed by atoms with E-state index in [1.165, 1.54) is 0 Å². The number of benzene rings is 2. The molecule has 2 aromatic rings. The maximum Gasteiger partial charge on any atom is 0.0767 e. The number of hydrogen-bond acceptors (Lipinski definition) is 1. The molecule has 0 radical (unpaired) electrons. The molecule has 0 aromatic heterocycles. The van der Waals surface area contributed by atoms with Gasteiger partial charge < -0.3 is 5.11 Å². The highest BCUT2D eigenvalue weighted by molar-refractivity contribution is 6.31. The third-order valence-electron chi connectivity index (χ3n) is 2.33. The van der Waals surface area contributed by atoms with Crippen molar-refractivity contribution in [1.82, 2.24) is 0 Å². The molecule has 0 heterocycles. The van der Waals surface area contributed by atoms with E-state index in [0.717, 1.165) is 16.3 Å². The van der Waals surface area contributed by atoms with E-state index in [0.29, 0.717) is 5.02 Å². The fraction of sp³-hybridized carbons (Fsp3) is 0.167. The lowest BCUT2D eigenvalue weighted by Crippen LogP contribution is -1.91. The van der Waals surface area contributed by atoms with Gasteiger partial charge in [-0.2, -0.15) is 0 Å². The number of aliphatic hydroxyl groups is 1. The van der Waals surface area contributed by atoms with Gasteiger partial charge in [-0.25, -0.2) is 0 Å². The van der Waals surface area contributed by atoms with Crippen LogP contribution in [0.15, 0.2) is 36.4 Å². The summed E-state index contributed by atoms with van der Waals surface area (Å²) in [5, 5.41) is 12.4. The highest BCUT2D eigenvalue weighted by Gasteiger charge is 2.05. The molecule has 14 heavy (non-hydrogen) atoms. The second-order valence-electron chi connectivity index (χ2n) is 3.39. The molecule has 0 saturated heterocycles. The Hall–Kier alpha value is -1.05. The van der Waals surface area contributed by atoms with E-state index in [-0.39, 0.29) is 0 Å². The van der Waals surface area contributed by atoms with Crippen molar-refractivity contribution >= 4 is 22.4 Å². The minimum atomic E-state index is -0.461. The second kappa shape index (κ2) is 3.60. The zero-order valence-corrected chi connectivity index (χ0v) is 8.62. The first kappa shape index (κ1) is 9.50. The highest BCUT2D eigenvalue weighted by Crippen LogP contribution is 2.26. The van der Waals surface area contributed by atoms with Gasteiger partial charge in [0.25, 0.3) is 0 Å². The normalized spacial score (nSPS) is 13.1. The number of aliphatic hydroxyl groups excluding tert-OH is 1. The highest BCUT2D eigenvalue weighted by atomic mass is 35.5. The van der Waals surface area contributed by atoms with E-state index in [1.54, 1.807) is 6.92 Å². The third kappa shape index (κ3) is 1.61. The summed E-state index contributed by atoms with van der Waals surface area (Å²) in [4.78, 5) is 0. The summed E-state index contributed by atoms with van der Waals surface area (Å²) < 4.78 is 0. The summed E-state index contributed by atoms with van der Waals surface area (Å²) in [6.45, 7) is 1.76. The van der Waals surface area contributed by atoms with Gasteiger partial charge in [-0.3, -0.25) is 0 Å². The van der Waals surface area contributed by atoms with Crippen molar-refractivity contribution in [1.29, 1.82) is 0 Å². The summed E-state index contributed by atoms with van der Waals surface area (Å²) in [6.07, 6.45) is -0.461. The molecular formula is C12H11ClO. The molecule has 1 unspecified atom stereocenters. The molecule has 0 spiro atoms. The van der Waals surface area contributed by atoms with Gasteiger partial charge in [0.2, 0.25) is 0 Å². The van der Waals surface area contributed by atoms with Gasteiger partial charge in [0, 0.05) is 5.02 Å². The minimum absolute atomic E-state index is 0.461. The molecule has 2 heteroatoms. The third-order valence-corrected chi connectivity index (χ3v) is 2.56. The van der Waals surface area contributed by atoms with Crippen LogP contribution in [0.5, 0.6) is 0 Å². The molecule has 2 rings (SSSR count). The Balaban J connectivity index is 2.77. The van der Waals surface area contributed by atoms with Crippen LogP contribution < -0.4 is 0 Å². The van der Waals surface area contributed by atoms with E-state index in [1.807, 2.05) is 36.4 Å². The van der Waals surface area contributed by atoms with Crippen LogP contribution in [-0.4, -0.2) is 5.11 Å². The molecule has 0 bridgehead atoms. The van der Waals surface area contributed by atoms with Crippen LogP contribution >= 0.6 is 11.6 Å². The predicted molar refractivity (Wildman–Crippen MR) is 59.6 cm³/mol. The van der Waals surface area contributed by atoms with Crippen LogP contribution in [-0.2, 0) is 0 Å². The zero-order valence-electron chi connectivity index (χ0n) is 7.87. The summed E-state index contributed by atoms with van der Waals surface area (Å²) in [6, 6.07) is 11.6. The van der Waals surface area contributed by atoms with E-state index < -0.39 is 6.10 Å². The SMILES string of the molecule is CC(O)c1cccc2ccc(Cl)cc12. The predicted octanol–water partition coefficient (Wildman–Crippen LogP) is 3.55. The Bertz CT molecular complexity index is 463. The minimum Gasteiger partial charge on any atom is -0.389 e. The fourth-order valence-corrected chi connectivity index (χ4v) is 1.81. The van der Waals surface area contributed by atoms with Crippen LogP contribution in [0.2, 0.25) is 5.02 Å². The van der Waals surface area contributed by atoms with E-state index in [2.05, 4.69) is 0 Å². The maximum absolute atomic E-state index is 9.57. The van der Waals surface area contributed by atoms with Crippen molar-refractivity contribution < 1.29 is 5.11 Å². The average molecular weight is 207 g/mol. The number of halogens is 1. The molecule has 72 valence electrons. The van der Waals surface area contributed by atoms with Gasteiger partial charge in [-0.05, 0) is 35.4 Å². The Morgan fingerprint density at radius 1 is 1.21 bits per heavy atom. The molecule has 0 aliphatic heterocycles. The molecule has 0 fully saturated rings. The van der Waals surface area contributed by atoms with Crippen LogP contribution in [0, 0.1) is 0 Å². The van der Waals surface area contributed by atoms with E-state index in [9.17, 15) is 5.11 Å². The van der Waals surface area contributed by atoms with E-state index in [4.69, 9.17) is 11.6 Å². The van der Waals surface area contributed by atoms with Gasteiger partial charge in [0.15, 0.2) is 0 Å². The Kier molecular flexibility index (Phi) is 2.44. The van der Waals surface area contributed by atoms with E-state index >= 15 is 0 Å². The summed E-state index contributed by atoms with van der Waals surface area (Å²) in [5.41, 5.74) is 0.921. The van der Waals surface area contributed by atoms with Crippen LogP contribution in [0.3, 0.4) is 0 Å². The number of hydrogen-bond donors (Lipinski definition) is 1. The van der Waals surface area contributed by atoms with Gasteiger partial charge >= 0.3 is 0 Å². The van der Waals surface area contributed by atoms with Gasteiger partial charge in [0.05, 0.1) is 6.10 Å². The molecule has 2 aromatic carbocycles. The molecule has 1 atom stereocenters. The van der Waals surface area contributed by atoms with Crippen LogP contribution in [0.1, 0.15) is 18.6 Å². The molecule has 1 N–H and O–H groups in total. The molecule has 0 aliphatic rings. The van der Waals surface area contributed by atoms with Crippen molar-refractivity contribution in [3.05, 3.63) is 47.0 Å². The van der Waals surface area contributed by atoms with Gasteiger partial charge in [-0.1, -0.05) is 35.9 Å². The van der Waals surface area contributed by atoms with Gasteiger partial charge in [0.1, 0.15) is 0 Å². The monoisotopic (exact) mass is 206 g/mol. The smallest absolute Gasteiger partial charge is 0.0767 e. The lowest BCUT2D eigenvalue weighted by Gasteiger charge is -2.08. The molecular weight excluding hydrogens is 196 g/mol. The number of rotatable bonds is 1. The number of fused-ring (bicyclic) bond motifs is 1. The Labute approximate surface area is 87.9 Å². The van der Waals surface area contributed by atoms with Crippen molar-refractivity contribution in [2.45, 2.75) is 13.0 Å². The Morgan fingerprint density at radius 3 is 2.71 bits per heavy atom. The topological polar surface area (TPSA) is 20.2 Å². The quantitative estimate of drug-likeness (QED) is 0.757. The van der Waals surface area contributed by atoms with Crippen molar-refractivity contribution in [2.24, 2.45) is 0 Å². The fourth-order valence-electron chi connectivity index (χ4n) is 1.63. The van der Waals surface area contributed by atoms with Crippen molar-refractivity contribution in [3.8, 4) is 0 Å². The molecule has 0 aliphatic carbocycles. The standard InChI is InChI=1S/C12H11ClO/c1-8(14)11-4-2-3-9-5-6-10(13)7-12(9)11/h2-8,14H,1H3. The first-order chi connectivity index (χ1) is 6.68. The zero-order chi connectivity index (χ0) is 10.1. The summed E-state index contributed by atoms with van der Waals surface area (Å²) >= 11 is 5.91. The summed E-state index contributed by atoms with van der Waals surface area (Å²) in [7, 11) is 0. The van der Waals surface area contributed by atoms with Crippen molar-refractivity contribution in [3.63, 3.8) is 0 Å². The van der Waals surface area contributed by atoms with Gasteiger partial charge in [-0.15, -0.1) is 0 Å².